The summed E-state index contributed by atoms with van der Waals surface area (Å²) >= 11 is 6.08. The van der Waals surface area contributed by atoms with Crippen molar-refractivity contribution in [2.45, 2.75) is 19.0 Å². The third kappa shape index (κ3) is 3.37. The van der Waals surface area contributed by atoms with Crippen molar-refractivity contribution in [3.8, 4) is 5.75 Å². The number of carbonyl (C=O) groups is 1. The molecule has 2 heterocycles. The summed E-state index contributed by atoms with van der Waals surface area (Å²) in [5, 5.41) is 0.725. The van der Waals surface area contributed by atoms with Gasteiger partial charge in [0.2, 0.25) is 0 Å². The van der Waals surface area contributed by atoms with Crippen molar-refractivity contribution in [2.24, 2.45) is 0 Å². The summed E-state index contributed by atoms with van der Waals surface area (Å²) in [5.74, 6) is 0.802. The van der Waals surface area contributed by atoms with Crippen molar-refractivity contribution < 1.29 is 14.3 Å². The maximum Gasteiger partial charge on any atom is 0.323 e. The van der Waals surface area contributed by atoms with Gasteiger partial charge in [0.05, 0.1) is 13.7 Å². The van der Waals surface area contributed by atoms with Gasteiger partial charge in [-0.2, -0.15) is 0 Å². The zero-order valence-corrected chi connectivity index (χ0v) is 13.5. The topological polar surface area (TPSA) is 42.0 Å². The van der Waals surface area contributed by atoms with Gasteiger partial charge in [0.25, 0.3) is 0 Å². The number of halogens is 1. The molecule has 6 heteroatoms. The summed E-state index contributed by atoms with van der Waals surface area (Å²) in [7, 11) is 1.68. The predicted molar refractivity (Wildman–Crippen MR) is 84.2 cm³/mol. The molecule has 2 fully saturated rings. The highest BCUT2D eigenvalue weighted by Crippen LogP contribution is 2.25. The van der Waals surface area contributed by atoms with Crippen molar-refractivity contribution in [1.82, 2.24) is 9.80 Å². The van der Waals surface area contributed by atoms with Gasteiger partial charge in [-0.1, -0.05) is 11.6 Å². The summed E-state index contributed by atoms with van der Waals surface area (Å²) in [4.78, 5) is 16.3. The molecule has 1 atom stereocenters. The quantitative estimate of drug-likeness (QED) is 0.790. The monoisotopic (exact) mass is 324 g/mol. The van der Waals surface area contributed by atoms with E-state index in [1.807, 2.05) is 18.2 Å². The lowest BCUT2D eigenvalue weighted by molar-refractivity contribution is -0.142. The lowest BCUT2D eigenvalue weighted by Gasteiger charge is -2.36. The molecule has 5 nitrogen and oxygen atoms in total. The van der Waals surface area contributed by atoms with Crippen LogP contribution in [0.1, 0.15) is 12.0 Å². The van der Waals surface area contributed by atoms with Crippen molar-refractivity contribution in [3.63, 3.8) is 0 Å². The Hall–Kier alpha value is -1.30. The van der Waals surface area contributed by atoms with Crippen LogP contribution in [0.5, 0.6) is 5.75 Å². The van der Waals surface area contributed by atoms with Crippen LogP contribution >= 0.6 is 11.6 Å². The van der Waals surface area contributed by atoms with E-state index < -0.39 is 0 Å². The Morgan fingerprint density at radius 3 is 2.73 bits per heavy atom. The number of hydrogen-bond donors (Lipinski definition) is 0. The Kier molecular flexibility index (Phi) is 4.86. The minimum Gasteiger partial charge on any atom is -0.496 e. The van der Waals surface area contributed by atoms with Crippen LogP contribution in [0.4, 0.5) is 0 Å². The van der Waals surface area contributed by atoms with E-state index in [0.29, 0.717) is 6.61 Å². The molecule has 1 aromatic rings. The first-order valence-corrected chi connectivity index (χ1v) is 8.00. The average Bonchev–Trinajstić information content (AvgIpc) is 2.94. The van der Waals surface area contributed by atoms with Crippen LogP contribution in [0.25, 0.3) is 0 Å². The largest absolute Gasteiger partial charge is 0.496 e. The van der Waals surface area contributed by atoms with Gasteiger partial charge < -0.3 is 9.47 Å². The fourth-order valence-corrected chi connectivity index (χ4v) is 3.36. The van der Waals surface area contributed by atoms with Gasteiger partial charge in [0.1, 0.15) is 11.8 Å². The van der Waals surface area contributed by atoms with Crippen molar-refractivity contribution in [3.05, 3.63) is 28.8 Å². The maximum absolute atomic E-state index is 11.7. The summed E-state index contributed by atoms with van der Waals surface area (Å²) in [6.07, 6.45) is 0.820. The fraction of sp³-hybridized carbons (Fsp3) is 0.562. The van der Waals surface area contributed by atoms with Crippen LogP contribution in [-0.2, 0) is 16.1 Å². The van der Waals surface area contributed by atoms with Crippen molar-refractivity contribution >= 4 is 17.6 Å². The second-order valence-corrected chi connectivity index (χ2v) is 6.18. The third-order valence-corrected chi connectivity index (χ3v) is 4.63. The zero-order valence-electron chi connectivity index (χ0n) is 12.8. The first-order valence-electron chi connectivity index (χ1n) is 7.63. The SMILES string of the molecule is COc1ccc(Cl)cc1CN1CCN([C@@H]2CCOC2=O)CC1. The molecule has 0 aromatic heterocycles. The Bertz CT molecular complexity index is 544. The van der Waals surface area contributed by atoms with E-state index in [0.717, 1.165) is 55.5 Å². The molecule has 2 aliphatic rings. The van der Waals surface area contributed by atoms with Gasteiger partial charge in [-0.05, 0) is 18.2 Å². The second kappa shape index (κ2) is 6.86. The minimum atomic E-state index is -0.0649. The van der Waals surface area contributed by atoms with E-state index in [9.17, 15) is 4.79 Å². The molecule has 2 aliphatic heterocycles. The molecular formula is C16H21ClN2O3. The van der Waals surface area contributed by atoms with Crippen LogP contribution in [0.2, 0.25) is 5.02 Å². The highest BCUT2D eigenvalue weighted by atomic mass is 35.5. The summed E-state index contributed by atoms with van der Waals surface area (Å²) in [5.41, 5.74) is 1.10. The van der Waals surface area contributed by atoms with Gasteiger partial charge in [-0.25, -0.2) is 0 Å². The van der Waals surface area contributed by atoms with E-state index in [1.54, 1.807) is 7.11 Å². The number of methoxy groups -OCH3 is 1. The molecule has 1 aromatic carbocycles. The predicted octanol–water partition coefficient (Wildman–Crippen LogP) is 1.78. The van der Waals surface area contributed by atoms with Crippen molar-refractivity contribution in [2.75, 3.05) is 39.9 Å². The van der Waals surface area contributed by atoms with Crippen LogP contribution in [0.15, 0.2) is 18.2 Å². The van der Waals surface area contributed by atoms with Gasteiger partial charge in [-0.15, -0.1) is 0 Å². The Morgan fingerprint density at radius 2 is 2.09 bits per heavy atom. The lowest BCUT2D eigenvalue weighted by atomic mass is 10.1. The number of cyclic esters (lactones) is 1. The van der Waals surface area contributed by atoms with Crippen molar-refractivity contribution in [1.29, 1.82) is 0 Å². The molecule has 2 saturated heterocycles. The van der Waals surface area contributed by atoms with Crippen LogP contribution in [0.3, 0.4) is 0 Å². The summed E-state index contributed by atoms with van der Waals surface area (Å²) in [6, 6.07) is 5.67. The Morgan fingerprint density at radius 1 is 1.32 bits per heavy atom. The summed E-state index contributed by atoms with van der Waals surface area (Å²) in [6.45, 7) is 5.01. The number of esters is 1. The molecule has 0 spiro atoms. The minimum absolute atomic E-state index is 0.0390. The molecule has 0 amide bonds. The lowest BCUT2D eigenvalue weighted by Crippen LogP contribution is -2.51. The maximum atomic E-state index is 11.7. The van der Waals surface area contributed by atoms with Gasteiger partial charge in [0, 0.05) is 49.7 Å². The standard InChI is InChI=1S/C16H21ClN2O3/c1-21-15-3-2-13(17)10-12(15)11-18-5-7-19(8-6-18)14-4-9-22-16(14)20/h2-3,10,14H,4-9,11H2,1H3/t14-/m1/s1. The number of ether oxygens (including phenoxy) is 2. The van der Waals surface area contributed by atoms with Gasteiger partial charge in [-0.3, -0.25) is 14.6 Å². The molecule has 0 radical (unpaired) electrons. The summed E-state index contributed by atoms with van der Waals surface area (Å²) < 4.78 is 10.5. The molecular weight excluding hydrogens is 304 g/mol. The number of nitrogens with zero attached hydrogens (tertiary/aromatic N) is 2. The first kappa shape index (κ1) is 15.6. The Labute approximate surface area is 135 Å². The van der Waals surface area contributed by atoms with Gasteiger partial charge in [0.15, 0.2) is 0 Å². The zero-order chi connectivity index (χ0) is 15.5. The first-order chi connectivity index (χ1) is 10.7. The fourth-order valence-electron chi connectivity index (χ4n) is 3.16. The van der Waals surface area contributed by atoms with Gasteiger partial charge >= 0.3 is 5.97 Å². The number of carbonyl (C=O) groups excluding carboxylic acids is 1. The van der Waals surface area contributed by atoms with E-state index >= 15 is 0 Å². The number of hydrogen-bond acceptors (Lipinski definition) is 5. The number of rotatable bonds is 4. The van der Waals surface area contributed by atoms with Crippen LogP contribution in [-0.4, -0.2) is 61.7 Å². The second-order valence-electron chi connectivity index (χ2n) is 5.74. The highest BCUT2D eigenvalue weighted by molar-refractivity contribution is 6.30. The molecule has 3 rings (SSSR count). The molecule has 120 valence electrons. The molecule has 22 heavy (non-hydrogen) atoms. The normalized spacial score (nSPS) is 23.5. The average molecular weight is 325 g/mol. The van der Waals surface area contributed by atoms with Crippen LogP contribution in [0, 0.1) is 0 Å². The van der Waals surface area contributed by atoms with E-state index in [4.69, 9.17) is 21.1 Å². The third-order valence-electron chi connectivity index (χ3n) is 4.39. The number of piperazine rings is 1. The Balaban J connectivity index is 1.58. The molecule has 0 aliphatic carbocycles. The van der Waals surface area contributed by atoms with E-state index in [2.05, 4.69) is 9.80 Å². The van der Waals surface area contributed by atoms with E-state index in [-0.39, 0.29) is 12.0 Å². The van der Waals surface area contributed by atoms with Crippen LogP contribution < -0.4 is 4.74 Å². The number of benzene rings is 1. The van der Waals surface area contributed by atoms with E-state index in [1.165, 1.54) is 0 Å². The molecule has 0 saturated carbocycles. The molecule has 0 unspecified atom stereocenters. The molecule has 0 bridgehead atoms. The smallest absolute Gasteiger partial charge is 0.323 e. The highest BCUT2D eigenvalue weighted by Gasteiger charge is 2.34. The molecule has 0 N–H and O–H groups in total.